The average Bonchev–Trinajstić information content (AvgIpc) is 2.84. The van der Waals surface area contributed by atoms with E-state index >= 15 is 0 Å². The molecule has 2 rings (SSSR count). The summed E-state index contributed by atoms with van der Waals surface area (Å²) in [7, 11) is 0. The first-order valence-electron chi connectivity index (χ1n) is 6.63. The summed E-state index contributed by atoms with van der Waals surface area (Å²) in [5.74, 6) is -0.112. The number of alkyl halides is 3. The van der Waals surface area contributed by atoms with Crippen LogP contribution < -0.4 is 10.5 Å². The first kappa shape index (κ1) is 15.1. The van der Waals surface area contributed by atoms with Crippen LogP contribution in [-0.4, -0.2) is 19.1 Å². The van der Waals surface area contributed by atoms with E-state index in [-0.39, 0.29) is 23.8 Å². The van der Waals surface area contributed by atoms with Crippen LogP contribution in [0.1, 0.15) is 31.4 Å². The lowest BCUT2D eigenvalue weighted by Gasteiger charge is -2.24. The van der Waals surface area contributed by atoms with Crippen molar-refractivity contribution in [1.82, 2.24) is 0 Å². The molecule has 1 fully saturated rings. The minimum atomic E-state index is -4.69. The molecule has 2 N–H and O–H groups in total. The Morgan fingerprint density at radius 2 is 2.20 bits per heavy atom. The van der Waals surface area contributed by atoms with Crippen molar-refractivity contribution in [3.63, 3.8) is 0 Å². The Kier molecular flexibility index (Phi) is 4.55. The van der Waals surface area contributed by atoms with Crippen LogP contribution in [0.2, 0.25) is 0 Å². The minimum absolute atomic E-state index is 0.0668. The lowest BCUT2D eigenvalue weighted by Crippen LogP contribution is -2.28. The average molecular weight is 289 g/mol. The number of ether oxygens (including phenoxy) is 2. The molecule has 20 heavy (non-hydrogen) atoms. The topological polar surface area (TPSA) is 44.5 Å². The molecule has 1 saturated heterocycles. The van der Waals surface area contributed by atoms with Gasteiger partial charge in [0.1, 0.15) is 5.75 Å². The van der Waals surface area contributed by atoms with Crippen LogP contribution in [0.5, 0.6) is 5.75 Å². The van der Waals surface area contributed by atoms with Crippen molar-refractivity contribution in [2.24, 2.45) is 11.7 Å². The van der Waals surface area contributed by atoms with E-state index in [9.17, 15) is 13.2 Å². The summed E-state index contributed by atoms with van der Waals surface area (Å²) in [5.41, 5.74) is 6.82. The lowest BCUT2D eigenvalue weighted by molar-refractivity contribution is -0.274. The van der Waals surface area contributed by atoms with Gasteiger partial charge >= 0.3 is 6.36 Å². The highest BCUT2D eigenvalue weighted by molar-refractivity contribution is 5.31. The molecule has 112 valence electrons. The van der Waals surface area contributed by atoms with Crippen molar-refractivity contribution < 1.29 is 22.6 Å². The van der Waals surface area contributed by atoms with Crippen molar-refractivity contribution in [2.75, 3.05) is 6.61 Å². The van der Waals surface area contributed by atoms with Gasteiger partial charge in [-0.3, -0.25) is 0 Å². The molecular weight excluding hydrogens is 271 g/mol. The molecule has 1 heterocycles. The summed E-state index contributed by atoms with van der Waals surface area (Å²) >= 11 is 0. The second-order valence-electron chi connectivity index (χ2n) is 4.92. The Bertz CT molecular complexity index is 450. The normalized spacial score (nSPS) is 24.6. The lowest BCUT2D eigenvalue weighted by atomic mass is 9.87. The molecule has 1 aliphatic rings. The summed E-state index contributed by atoms with van der Waals surface area (Å²) in [6, 6.07) is 5.51. The van der Waals surface area contributed by atoms with Gasteiger partial charge in [0.15, 0.2) is 0 Å². The molecule has 1 aliphatic heterocycles. The monoisotopic (exact) mass is 289 g/mol. The SMILES string of the molecule is CCC1OCCC1C(N)c1cccc(OC(F)(F)F)c1. The third-order valence-corrected chi connectivity index (χ3v) is 3.60. The third-order valence-electron chi connectivity index (χ3n) is 3.60. The number of halogens is 3. The van der Waals surface area contributed by atoms with E-state index in [4.69, 9.17) is 10.5 Å². The molecule has 0 radical (unpaired) electrons. The number of benzene rings is 1. The van der Waals surface area contributed by atoms with Gasteiger partial charge in [-0.1, -0.05) is 19.1 Å². The number of nitrogens with two attached hydrogens (primary N) is 1. The maximum absolute atomic E-state index is 12.2. The Hall–Kier alpha value is -1.27. The Morgan fingerprint density at radius 1 is 1.45 bits per heavy atom. The van der Waals surface area contributed by atoms with E-state index in [0.29, 0.717) is 12.2 Å². The van der Waals surface area contributed by atoms with Gasteiger partial charge in [0.05, 0.1) is 6.10 Å². The standard InChI is InChI=1S/C14H18F3NO2/c1-2-12-11(6-7-19-12)13(18)9-4-3-5-10(8-9)20-14(15,16)17/h3-5,8,11-13H,2,6-7,18H2,1H3. The fourth-order valence-corrected chi connectivity index (χ4v) is 2.66. The second-order valence-corrected chi connectivity index (χ2v) is 4.92. The fraction of sp³-hybridized carbons (Fsp3) is 0.571. The largest absolute Gasteiger partial charge is 0.573 e. The minimum Gasteiger partial charge on any atom is -0.406 e. The summed E-state index contributed by atoms with van der Waals surface area (Å²) in [6.45, 7) is 2.66. The van der Waals surface area contributed by atoms with Crippen molar-refractivity contribution in [1.29, 1.82) is 0 Å². The van der Waals surface area contributed by atoms with E-state index in [0.717, 1.165) is 12.8 Å². The predicted octanol–water partition coefficient (Wildman–Crippen LogP) is 3.40. The van der Waals surface area contributed by atoms with Crippen LogP contribution in [0.4, 0.5) is 13.2 Å². The quantitative estimate of drug-likeness (QED) is 0.924. The highest BCUT2D eigenvalue weighted by Gasteiger charge is 2.34. The summed E-state index contributed by atoms with van der Waals surface area (Å²) < 4.78 is 46.2. The van der Waals surface area contributed by atoms with Crippen molar-refractivity contribution in [3.8, 4) is 5.75 Å². The molecule has 1 aromatic carbocycles. The summed E-state index contributed by atoms with van der Waals surface area (Å²) in [6.07, 6.45) is -2.95. The summed E-state index contributed by atoms with van der Waals surface area (Å²) in [4.78, 5) is 0. The van der Waals surface area contributed by atoms with Gasteiger partial charge in [-0.05, 0) is 30.5 Å². The molecule has 1 aromatic rings. The van der Waals surface area contributed by atoms with Crippen molar-refractivity contribution in [3.05, 3.63) is 29.8 Å². The number of hydrogen-bond acceptors (Lipinski definition) is 3. The molecule has 0 spiro atoms. The van der Waals surface area contributed by atoms with Gasteiger partial charge in [-0.2, -0.15) is 0 Å². The van der Waals surface area contributed by atoms with Gasteiger partial charge in [-0.15, -0.1) is 13.2 Å². The van der Waals surface area contributed by atoms with E-state index in [1.165, 1.54) is 18.2 Å². The van der Waals surface area contributed by atoms with Gasteiger partial charge < -0.3 is 15.2 Å². The maximum Gasteiger partial charge on any atom is 0.573 e. The maximum atomic E-state index is 12.2. The number of hydrogen-bond donors (Lipinski definition) is 1. The molecule has 3 atom stereocenters. The first-order valence-corrected chi connectivity index (χ1v) is 6.63. The van der Waals surface area contributed by atoms with Gasteiger partial charge in [0.25, 0.3) is 0 Å². The smallest absolute Gasteiger partial charge is 0.406 e. The zero-order valence-electron chi connectivity index (χ0n) is 11.2. The van der Waals surface area contributed by atoms with Gasteiger partial charge in [-0.25, -0.2) is 0 Å². The zero-order valence-corrected chi connectivity index (χ0v) is 11.2. The fourth-order valence-electron chi connectivity index (χ4n) is 2.66. The number of rotatable bonds is 4. The van der Waals surface area contributed by atoms with Crippen LogP contribution in [0.3, 0.4) is 0 Å². The molecule has 3 unspecified atom stereocenters. The second kappa shape index (κ2) is 6.01. The van der Waals surface area contributed by atoms with Crippen LogP contribution in [0, 0.1) is 5.92 Å². The molecule has 6 heteroatoms. The zero-order chi connectivity index (χ0) is 14.8. The molecule has 0 aromatic heterocycles. The molecule has 0 saturated carbocycles. The molecule has 3 nitrogen and oxygen atoms in total. The Morgan fingerprint density at radius 3 is 2.85 bits per heavy atom. The van der Waals surface area contributed by atoms with Gasteiger partial charge in [0.2, 0.25) is 0 Å². The Labute approximate surface area is 115 Å². The van der Waals surface area contributed by atoms with Crippen molar-refractivity contribution in [2.45, 2.75) is 38.3 Å². The molecular formula is C14H18F3NO2. The first-order chi connectivity index (χ1) is 9.40. The van der Waals surface area contributed by atoms with E-state index in [1.54, 1.807) is 6.07 Å². The van der Waals surface area contributed by atoms with Crippen LogP contribution in [0.25, 0.3) is 0 Å². The summed E-state index contributed by atoms with van der Waals surface area (Å²) in [5, 5.41) is 0. The van der Waals surface area contributed by atoms with Crippen LogP contribution in [-0.2, 0) is 4.74 Å². The van der Waals surface area contributed by atoms with Crippen LogP contribution >= 0.6 is 0 Å². The van der Waals surface area contributed by atoms with Crippen molar-refractivity contribution >= 4 is 0 Å². The predicted molar refractivity (Wildman–Crippen MR) is 68.2 cm³/mol. The van der Waals surface area contributed by atoms with Crippen LogP contribution in [0.15, 0.2) is 24.3 Å². The Balaban J connectivity index is 2.14. The third kappa shape index (κ3) is 3.64. The van der Waals surface area contributed by atoms with E-state index < -0.39 is 6.36 Å². The molecule has 0 amide bonds. The van der Waals surface area contributed by atoms with E-state index in [2.05, 4.69) is 4.74 Å². The molecule has 0 aliphatic carbocycles. The van der Waals surface area contributed by atoms with E-state index in [1.807, 2.05) is 6.92 Å². The molecule has 0 bridgehead atoms. The highest BCUT2D eigenvalue weighted by Crippen LogP contribution is 2.34. The van der Waals surface area contributed by atoms with Gasteiger partial charge in [0, 0.05) is 18.6 Å². The highest BCUT2D eigenvalue weighted by atomic mass is 19.4.